The van der Waals surface area contributed by atoms with Crippen molar-refractivity contribution in [2.24, 2.45) is 0 Å². The second kappa shape index (κ2) is 3.59. The first-order valence-corrected chi connectivity index (χ1v) is 5.05. The highest BCUT2D eigenvalue weighted by atomic mass is 16.4. The molecule has 0 atom stereocenters. The summed E-state index contributed by atoms with van der Waals surface area (Å²) in [6, 6.07) is 5.02. The highest BCUT2D eigenvalue weighted by molar-refractivity contribution is 5.85. The predicted molar refractivity (Wildman–Crippen MR) is 61.4 cm³/mol. The summed E-state index contributed by atoms with van der Waals surface area (Å²) in [5, 5.41) is 8.76. The third-order valence-electron chi connectivity index (χ3n) is 2.51. The van der Waals surface area contributed by atoms with Crippen LogP contribution in [0.2, 0.25) is 0 Å². The van der Waals surface area contributed by atoms with Crippen LogP contribution >= 0.6 is 0 Å². The van der Waals surface area contributed by atoms with Crippen LogP contribution in [0.1, 0.15) is 10.6 Å². The van der Waals surface area contributed by atoms with E-state index < -0.39 is 11.7 Å². The second-order valence-electron chi connectivity index (χ2n) is 3.68. The monoisotopic (exact) mass is 245 g/mol. The number of hydrogen-bond donors (Lipinski definition) is 3. The number of nitrogens with one attached hydrogen (secondary N) is 2. The van der Waals surface area contributed by atoms with Gasteiger partial charge in [0.05, 0.1) is 17.4 Å². The fourth-order valence-corrected chi connectivity index (χ4v) is 1.70. The zero-order valence-electron chi connectivity index (χ0n) is 8.93. The molecular formula is C11H7N3O4. The molecule has 7 nitrogen and oxygen atoms in total. The number of nitrogens with zero attached hydrogens (tertiary/aromatic N) is 1. The number of aromatic carboxylic acids is 1. The van der Waals surface area contributed by atoms with Crippen LogP contribution < -0.4 is 5.76 Å². The van der Waals surface area contributed by atoms with Crippen molar-refractivity contribution in [2.75, 3.05) is 0 Å². The van der Waals surface area contributed by atoms with E-state index in [1.165, 1.54) is 6.20 Å². The molecule has 7 heteroatoms. The van der Waals surface area contributed by atoms with Crippen LogP contribution in [0.5, 0.6) is 0 Å². The Morgan fingerprint density at radius 3 is 2.89 bits per heavy atom. The summed E-state index contributed by atoms with van der Waals surface area (Å²) in [6.45, 7) is 0. The minimum Gasteiger partial charge on any atom is -0.475 e. The average molecular weight is 245 g/mol. The van der Waals surface area contributed by atoms with Gasteiger partial charge in [0.15, 0.2) is 5.58 Å². The number of fused-ring (bicyclic) bond motifs is 1. The van der Waals surface area contributed by atoms with E-state index >= 15 is 0 Å². The van der Waals surface area contributed by atoms with Gasteiger partial charge in [0.25, 0.3) is 0 Å². The van der Waals surface area contributed by atoms with Crippen molar-refractivity contribution >= 4 is 17.1 Å². The van der Waals surface area contributed by atoms with Crippen molar-refractivity contribution in [1.82, 2.24) is 15.0 Å². The maximum absolute atomic E-state index is 11.0. The molecule has 0 fully saturated rings. The Morgan fingerprint density at radius 1 is 1.33 bits per heavy atom. The summed E-state index contributed by atoms with van der Waals surface area (Å²) in [6.07, 6.45) is 1.42. The summed E-state index contributed by atoms with van der Waals surface area (Å²) < 4.78 is 4.87. The second-order valence-corrected chi connectivity index (χ2v) is 3.68. The van der Waals surface area contributed by atoms with Crippen LogP contribution in [0.25, 0.3) is 22.4 Å². The molecule has 3 N–H and O–H groups in total. The smallest absolute Gasteiger partial charge is 0.417 e. The fraction of sp³-hybridized carbons (Fsp3) is 0. The number of hydrogen-bond acceptors (Lipinski definition) is 4. The molecule has 3 rings (SSSR count). The zero-order valence-corrected chi connectivity index (χ0v) is 8.93. The molecule has 2 aromatic heterocycles. The Hall–Kier alpha value is -2.83. The minimum absolute atomic E-state index is 0.134. The Kier molecular flexibility index (Phi) is 2.06. The van der Waals surface area contributed by atoms with Gasteiger partial charge in [0, 0.05) is 5.56 Å². The molecule has 0 saturated carbocycles. The van der Waals surface area contributed by atoms with Crippen LogP contribution in [-0.2, 0) is 0 Å². The number of oxazole rings is 1. The number of aromatic amines is 2. The van der Waals surface area contributed by atoms with Crippen LogP contribution in [0.3, 0.4) is 0 Å². The van der Waals surface area contributed by atoms with Gasteiger partial charge in [-0.2, -0.15) is 0 Å². The molecule has 0 aliphatic rings. The van der Waals surface area contributed by atoms with Crippen molar-refractivity contribution in [2.45, 2.75) is 0 Å². The number of rotatable bonds is 2. The lowest BCUT2D eigenvalue weighted by Crippen LogP contribution is -1.98. The molecule has 0 radical (unpaired) electrons. The molecule has 0 unspecified atom stereocenters. The van der Waals surface area contributed by atoms with E-state index in [9.17, 15) is 9.59 Å². The molecule has 0 bridgehead atoms. The molecule has 90 valence electrons. The van der Waals surface area contributed by atoms with Gasteiger partial charge in [0.2, 0.25) is 5.82 Å². The van der Waals surface area contributed by atoms with Gasteiger partial charge in [-0.05, 0) is 18.2 Å². The van der Waals surface area contributed by atoms with Gasteiger partial charge < -0.3 is 14.5 Å². The van der Waals surface area contributed by atoms with E-state index in [0.29, 0.717) is 22.4 Å². The van der Waals surface area contributed by atoms with Crippen molar-refractivity contribution < 1.29 is 14.3 Å². The maximum Gasteiger partial charge on any atom is 0.417 e. The van der Waals surface area contributed by atoms with Crippen molar-refractivity contribution in [3.05, 3.63) is 40.8 Å². The molecule has 1 aromatic carbocycles. The molecule has 0 saturated heterocycles. The van der Waals surface area contributed by atoms with Gasteiger partial charge in [-0.15, -0.1) is 0 Å². The van der Waals surface area contributed by atoms with Gasteiger partial charge in [-0.25, -0.2) is 14.6 Å². The Morgan fingerprint density at radius 2 is 2.17 bits per heavy atom. The quantitative estimate of drug-likeness (QED) is 0.628. The first-order chi connectivity index (χ1) is 8.63. The van der Waals surface area contributed by atoms with Gasteiger partial charge >= 0.3 is 11.7 Å². The summed E-state index contributed by atoms with van der Waals surface area (Å²) in [4.78, 5) is 30.6. The summed E-state index contributed by atoms with van der Waals surface area (Å²) in [5.41, 5.74) is 2.25. The highest BCUT2D eigenvalue weighted by Crippen LogP contribution is 2.21. The first kappa shape index (κ1) is 10.3. The first-order valence-electron chi connectivity index (χ1n) is 5.05. The minimum atomic E-state index is -1.13. The lowest BCUT2D eigenvalue weighted by atomic mass is 10.1. The number of benzene rings is 1. The van der Waals surface area contributed by atoms with Crippen molar-refractivity contribution in [3.63, 3.8) is 0 Å². The molecule has 0 aliphatic carbocycles. The van der Waals surface area contributed by atoms with Crippen LogP contribution in [-0.4, -0.2) is 26.0 Å². The van der Waals surface area contributed by atoms with E-state index in [-0.39, 0.29) is 5.82 Å². The average Bonchev–Trinajstić information content (AvgIpc) is 2.91. The molecule has 18 heavy (non-hydrogen) atoms. The largest absolute Gasteiger partial charge is 0.475 e. The predicted octanol–water partition coefficient (Wildman–Crippen LogP) is 1.21. The number of imidazole rings is 1. The SMILES string of the molecule is O=C(O)c1ncc(-c2ccc3oc(=O)[nH]c3c2)[nH]1. The fourth-order valence-electron chi connectivity index (χ4n) is 1.70. The Bertz CT molecular complexity index is 796. The maximum atomic E-state index is 11.0. The standard InChI is InChI=1S/C11H7N3O4/c15-10(16)9-12-4-7(13-9)5-1-2-8-6(3-5)14-11(17)18-8/h1-4H,(H,12,13)(H,14,17)(H,15,16). The van der Waals surface area contributed by atoms with E-state index in [1.807, 2.05) is 0 Å². The molecule has 2 heterocycles. The van der Waals surface area contributed by atoms with E-state index in [4.69, 9.17) is 9.52 Å². The Balaban J connectivity index is 2.12. The summed E-state index contributed by atoms with van der Waals surface area (Å²) in [7, 11) is 0. The van der Waals surface area contributed by atoms with E-state index in [2.05, 4.69) is 15.0 Å². The highest BCUT2D eigenvalue weighted by Gasteiger charge is 2.10. The topological polar surface area (TPSA) is 112 Å². The molecule has 0 amide bonds. The third-order valence-corrected chi connectivity index (χ3v) is 2.51. The number of carboxylic acid groups (broad SMARTS) is 1. The molecule has 0 spiro atoms. The van der Waals surface area contributed by atoms with Gasteiger partial charge in [-0.1, -0.05) is 0 Å². The number of H-pyrrole nitrogens is 2. The Labute approximate surface area is 99.1 Å². The van der Waals surface area contributed by atoms with Crippen LogP contribution in [0.4, 0.5) is 0 Å². The lowest BCUT2D eigenvalue weighted by Gasteiger charge is -1.96. The van der Waals surface area contributed by atoms with Crippen LogP contribution in [0, 0.1) is 0 Å². The molecule has 3 aromatic rings. The summed E-state index contributed by atoms with van der Waals surface area (Å²) in [5.74, 6) is -1.79. The van der Waals surface area contributed by atoms with Crippen molar-refractivity contribution in [3.8, 4) is 11.3 Å². The number of carboxylic acids is 1. The third kappa shape index (κ3) is 1.58. The number of aromatic nitrogens is 3. The van der Waals surface area contributed by atoms with E-state index in [1.54, 1.807) is 18.2 Å². The van der Waals surface area contributed by atoms with Gasteiger partial charge in [0.1, 0.15) is 0 Å². The zero-order chi connectivity index (χ0) is 12.7. The molecular weight excluding hydrogens is 238 g/mol. The lowest BCUT2D eigenvalue weighted by molar-refractivity contribution is 0.0685. The normalized spacial score (nSPS) is 10.9. The summed E-state index contributed by atoms with van der Waals surface area (Å²) >= 11 is 0. The van der Waals surface area contributed by atoms with E-state index in [0.717, 1.165) is 0 Å². The molecule has 0 aliphatic heterocycles. The van der Waals surface area contributed by atoms with Crippen LogP contribution in [0.15, 0.2) is 33.6 Å². The number of carbonyl (C=O) groups is 1. The van der Waals surface area contributed by atoms with Crippen molar-refractivity contribution in [1.29, 1.82) is 0 Å². The van der Waals surface area contributed by atoms with Gasteiger partial charge in [-0.3, -0.25) is 4.98 Å².